The highest BCUT2D eigenvalue weighted by atomic mass is 79.9. The fourth-order valence-corrected chi connectivity index (χ4v) is 1.94. The summed E-state index contributed by atoms with van der Waals surface area (Å²) in [5.74, 6) is -0.331. The maximum atomic E-state index is 12.9. The second-order valence-electron chi connectivity index (χ2n) is 4.34. The van der Waals surface area contributed by atoms with E-state index >= 15 is 0 Å². The van der Waals surface area contributed by atoms with Gasteiger partial charge in [0.25, 0.3) is 0 Å². The van der Waals surface area contributed by atoms with E-state index in [9.17, 15) is 18.0 Å². The van der Waals surface area contributed by atoms with Gasteiger partial charge < -0.3 is 10.6 Å². The number of alkyl halides is 3. The molecule has 0 bridgehead atoms. The van der Waals surface area contributed by atoms with Crippen LogP contribution in [-0.2, 0) is 11.0 Å². The zero-order chi connectivity index (χ0) is 15.3. The van der Waals surface area contributed by atoms with E-state index in [-0.39, 0.29) is 11.6 Å². The largest absolute Gasteiger partial charge is 0.418 e. The van der Waals surface area contributed by atoms with Gasteiger partial charge in [-0.1, -0.05) is 22.9 Å². The van der Waals surface area contributed by atoms with Crippen molar-refractivity contribution in [2.45, 2.75) is 32.5 Å². The van der Waals surface area contributed by atoms with Crippen LogP contribution in [0.2, 0.25) is 0 Å². The minimum Gasteiger partial charge on any atom is -0.373 e. The molecule has 1 rings (SSSR count). The third kappa shape index (κ3) is 4.70. The first-order chi connectivity index (χ1) is 9.25. The van der Waals surface area contributed by atoms with E-state index in [0.717, 1.165) is 12.5 Å². The Bertz CT molecular complexity index is 477. The first-order valence-corrected chi connectivity index (χ1v) is 6.96. The van der Waals surface area contributed by atoms with Gasteiger partial charge >= 0.3 is 6.18 Å². The molecule has 20 heavy (non-hydrogen) atoms. The molecule has 1 amide bonds. The molecule has 1 aromatic carbocycles. The van der Waals surface area contributed by atoms with Gasteiger partial charge in [-0.3, -0.25) is 4.79 Å². The molecule has 1 unspecified atom stereocenters. The number of nitrogens with one attached hydrogen (secondary N) is 2. The number of amides is 1. The Hall–Kier alpha value is -1.24. The fourth-order valence-electron chi connectivity index (χ4n) is 1.58. The Labute approximate surface area is 124 Å². The number of hydrogen-bond donors (Lipinski definition) is 2. The first kappa shape index (κ1) is 16.8. The molecule has 0 aliphatic heterocycles. The minimum absolute atomic E-state index is 0.111. The van der Waals surface area contributed by atoms with Gasteiger partial charge in [-0.2, -0.15) is 13.2 Å². The molecule has 2 N–H and O–H groups in total. The third-order valence-electron chi connectivity index (χ3n) is 2.60. The number of benzene rings is 1. The van der Waals surface area contributed by atoms with Gasteiger partial charge in [0.1, 0.15) is 6.04 Å². The predicted octanol–water partition coefficient (Wildman–Crippen LogP) is 3.79. The maximum Gasteiger partial charge on any atom is 0.418 e. The van der Waals surface area contributed by atoms with Gasteiger partial charge in [-0.25, -0.2) is 0 Å². The SMILES string of the molecule is CCCNC(=O)C(C)Nc1ccc(Br)cc1C(F)(F)F. The molecule has 0 fully saturated rings. The molecular formula is C13H16BrF3N2O. The summed E-state index contributed by atoms with van der Waals surface area (Å²) in [5.41, 5.74) is -0.915. The highest BCUT2D eigenvalue weighted by Crippen LogP contribution is 2.36. The van der Waals surface area contributed by atoms with Gasteiger partial charge in [0.15, 0.2) is 0 Å². The van der Waals surface area contributed by atoms with Crippen molar-refractivity contribution in [1.82, 2.24) is 5.32 Å². The molecule has 3 nitrogen and oxygen atoms in total. The second-order valence-corrected chi connectivity index (χ2v) is 5.26. The summed E-state index contributed by atoms with van der Waals surface area (Å²) in [6.07, 6.45) is -3.71. The van der Waals surface area contributed by atoms with Crippen LogP contribution in [0.25, 0.3) is 0 Å². The molecular weight excluding hydrogens is 337 g/mol. The van der Waals surface area contributed by atoms with Crippen LogP contribution >= 0.6 is 15.9 Å². The molecule has 0 spiro atoms. The molecule has 7 heteroatoms. The fraction of sp³-hybridized carbons (Fsp3) is 0.462. The van der Waals surface area contributed by atoms with Crippen LogP contribution in [0.1, 0.15) is 25.8 Å². The number of carbonyl (C=O) groups excluding carboxylic acids is 1. The van der Waals surface area contributed by atoms with E-state index in [4.69, 9.17) is 0 Å². The van der Waals surface area contributed by atoms with Gasteiger partial charge in [0.2, 0.25) is 5.91 Å². The van der Waals surface area contributed by atoms with Gasteiger partial charge in [0.05, 0.1) is 5.56 Å². The van der Waals surface area contributed by atoms with E-state index < -0.39 is 17.8 Å². The summed E-state index contributed by atoms with van der Waals surface area (Å²) in [7, 11) is 0. The Morgan fingerprint density at radius 3 is 2.60 bits per heavy atom. The highest BCUT2D eigenvalue weighted by Gasteiger charge is 2.34. The summed E-state index contributed by atoms with van der Waals surface area (Å²) in [4.78, 5) is 11.7. The van der Waals surface area contributed by atoms with E-state index in [1.54, 1.807) is 0 Å². The van der Waals surface area contributed by atoms with Crippen LogP contribution in [0.15, 0.2) is 22.7 Å². The zero-order valence-corrected chi connectivity index (χ0v) is 12.7. The summed E-state index contributed by atoms with van der Waals surface area (Å²) < 4.78 is 39.1. The normalized spacial score (nSPS) is 12.9. The molecule has 0 saturated heterocycles. The average molecular weight is 353 g/mol. The summed E-state index contributed by atoms with van der Waals surface area (Å²) in [6.45, 7) is 3.92. The Balaban J connectivity index is 2.89. The summed E-state index contributed by atoms with van der Waals surface area (Å²) in [6, 6.07) is 3.04. The Kier molecular flexibility index (Phi) is 5.86. The molecule has 0 aliphatic rings. The standard InChI is InChI=1S/C13H16BrF3N2O/c1-3-6-18-12(20)8(2)19-11-5-4-9(14)7-10(11)13(15,16)17/h4-5,7-8,19H,3,6H2,1-2H3,(H,18,20). The van der Waals surface area contributed by atoms with Crippen molar-refractivity contribution in [2.75, 3.05) is 11.9 Å². The van der Waals surface area contributed by atoms with Crippen LogP contribution in [0.4, 0.5) is 18.9 Å². The van der Waals surface area contributed by atoms with E-state index in [2.05, 4.69) is 26.6 Å². The van der Waals surface area contributed by atoms with Crippen LogP contribution in [0, 0.1) is 0 Å². The minimum atomic E-state index is -4.48. The molecule has 1 atom stereocenters. The van der Waals surface area contributed by atoms with Gasteiger partial charge in [-0.15, -0.1) is 0 Å². The lowest BCUT2D eigenvalue weighted by Gasteiger charge is -2.19. The lowest BCUT2D eigenvalue weighted by atomic mass is 10.1. The van der Waals surface area contributed by atoms with E-state index in [1.165, 1.54) is 19.1 Å². The van der Waals surface area contributed by atoms with Gasteiger partial charge in [-0.05, 0) is 31.5 Å². The smallest absolute Gasteiger partial charge is 0.373 e. The number of carbonyl (C=O) groups is 1. The van der Waals surface area contributed by atoms with Crippen LogP contribution in [0.5, 0.6) is 0 Å². The molecule has 112 valence electrons. The first-order valence-electron chi connectivity index (χ1n) is 6.16. The quantitative estimate of drug-likeness (QED) is 0.846. The maximum absolute atomic E-state index is 12.9. The summed E-state index contributed by atoms with van der Waals surface area (Å²) in [5, 5.41) is 5.23. The van der Waals surface area contributed by atoms with Crippen molar-refractivity contribution >= 4 is 27.5 Å². The number of rotatable bonds is 5. The molecule has 0 aromatic heterocycles. The van der Waals surface area contributed by atoms with Crippen LogP contribution in [-0.4, -0.2) is 18.5 Å². The number of hydrogen-bond acceptors (Lipinski definition) is 2. The average Bonchev–Trinajstić information content (AvgIpc) is 2.36. The van der Waals surface area contributed by atoms with Gasteiger partial charge in [0, 0.05) is 16.7 Å². The topological polar surface area (TPSA) is 41.1 Å². The Morgan fingerprint density at radius 2 is 2.05 bits per heavy atom. The van der Waals surface area contributed by atoms with Crippen LogP contribution < -0.4 is 10.6 Å². The second kappa shape index (κ2) is 6.97. The number of halogens is 4. The highest BCUT2D eigenvalue weighted by molar-refractivity contribution is 9.10. The predicted molar refractivity (Wildman–Crippen MR) is 75.5 cm³/mol. The monoisotopic (exact) mass is 352 g/mol. The van der Waals surface area contributed by atoms with E-state index in [0.29, 0.717) is 11.0 Å². The van der Waals surface area contributed by atoms with Crippen molar-refractivity contribution in [2.24, 2.45) is 0 Å². The zero-order valence-electron chi connectivity index (χ0n) is 11.1. The number of anilines is 1. The lowest BCUT2D eigenvalue weighted by molar-refractivity contribution is -0.137. The van der Waals surface area contributed by atoms with Crippen molar-refractivity contribution < 1.29 is 18.0 Å². The Morgan fingerprint density at radius 1 is 1.40 bits per heavy atom. The van der Waals surface area contributed by atoms with Crippen molar-refractivity contribution in [3.8, 4) is 0 Å². The third-order valence-corrected chi connectivity index (χ3v) is 3.09. The van der Waals surface area contributed by atoms with Crippen LogP contribution in [0.3, 0.4) is 0 Å². The van der Waals surface area contributed by atoms with Crippen molar-refractivity contribution in [3.05, 3.63) is 28.2 Å². The summed E-state index contributed by atoms with van der Waals surface area (Å²) >= 11 is 3.01. The molecule has 1 aromatic rings. The molecule has 0 saturated carbocycles. The van der Waals surface area contributed by atoms with Crippen molar-refractivity contribution in [3.63, 3.8) is 0 Å². The lowest BCUT2D eigenvalue weighted by Crippen LogP contribution is -2.38. The molecule has 0 radical (unpaired) electrons. The van der Waals surface area contributed by atoms with Crippen molar-refractivity contribution in [1.29, 1.82) is 0 Å². The van der Waals surface area contributed by atoms with E-state index in [1.807, 2.05) is 6.92 Å². The molecule has 0 heterocycles. The molecule has 0 aliphatic carbocycles.